The third-order valence-electron chi connectivity index (χ3n) is 6.18. The quantitative estimate of drug-likeness (QED) is 0.277. The normalized spacial score (nSPS) is 19.6. The smallest absolute Gasteiger partial charge is 0.192 e. The predicted octanol–water partition coefficient (Wildman–Crippen LogP) is 7.44. The Hall–Kier alpha value is -0.456. The van der Waals surface area contributed by atoms with Gasteiger partial charge in [-0.1, -0.05) is 77.9 Å². The number of Topliss-reactive ketones (excluding diaryl/α,β-unsaturated/α-hetero) is 1. The molecule has 0 amide bonds. The highest BCUT2D eigenvalue weighted by Crippen LogP contribution is 2.39. The van der Waals surface area contributed by atoms with Crippen LogP contribution in [0.5, 0.6) is 0 Å². The SMILES string of the molecule is CCCCCC/C=C(/CC1=CC(O[Si](C)(C)C(C)(C)C)CC1=O)[Si](C)(C)C. The van der Waals surface area contributed by atoms with Crippen LogP contribution >= 0.6 is 0 Å². The second kappa shape index (κ2) is 9.84. The van der Waals surface area contributed by atoms with Gasteiger partial charge in [-0.2, -0.15) is 0 Å². The summed E-state index contributed by atoms with van der Waals surface area (Å²) in [4.78, 5) is 12.7. The van der Waals surface area contributed by atoms with Crippen LogP contribution in [-0.4, -0.2) is 28.3 Å². The molecule has 0 aromatic carbocycles. The van der Waals surface area contributed by atoms with Gasteiger partial charge < -0.3 is 4.43 Å². The van der Waals surface area contributed by atoms with Gasteiger partial charge in [0.25, 0.3) is 0 Å². The van der Waals surface area contributed by atoms with Crippen molar-refractivity contribution in [2.75, 3.05) is 0 Å². The molecule has 0 N–H and O–H groups in total. The molecule has 0 aliphatic heterocycles. The molecule has 1 unspecified atom stereocenters. The minimum absolute atomic E-state index is 0.0131. The Kier molecular flexibility index (Phi) is 8.96. The third-order valence-corrected chi connectivity index (χ3v) is 13.0. The Labute approximate surface area is 171 Å². The van der Waals surface area contributed by atoms with Crippen molar-refractivity contribution in [3.63, 3.8) is 0 Å². The number of hydrogen-bond acceptors (Lipinski definition) is 2. The zero-order valence-electron chi connectivity index (χ0n) is 19.5. The van der Waals surface area contributed by atoms with Crippen LogP contribution in [0, 0.1) is 0 Å². The van der Waals surface area contributed by atoms with Gasteiger partial charge in [-0.15, -0.1) is 0 Å². The maximum absolute atomic E-state index is 12.7. The van der Waals surface area contributed by atoms with E-state index in [1.165, 1.54) is 30.9 Å². The number of carbonyl (C=O) groups is 1. The maximum Gasteiger partial charge on any atom is 0.192 e. The van der Waals surface area contributed by atoms with E-state index >= 15 is 0 Å². The Morgan fingerprint density at radius 3 is 2.30 bits per heavy atom. The topological polar surface area (TPSA) is 26.3 Å². The standard InChI is InChI=1S/C23H44O2Si2/c1-10-11-12-13-14-15-21(26(5,6)7)17-19-16-20(18-22(19)24)25-27(8,9)23(2,3)4/h15-16,20H,10-14,17-18H2,1-9H3/b21-15-. The lowest BCUT2D eigenvalue weighted by molar-refractivity contribution is -0.115. The molecule has 0 aromatic rings. The second-order valence-electron chi connectivity index (χ2n) is 10.7. The van der Waals surface area contributed by atoms with Gasteiger partial charge in [0.2, 0.25) is 0 Å². The molecular weight excluding hydrogens is 364 g/mol. The summed E-state index contributed by atoms with van der Waals surface area (Å²) in [6.45, 7) is 20.8. The first-order chi connectivity index (χ1) is 12.3. The van der Waals surface area contributed by atoms with Crippen LogP contribution in [-0.2, 0) is 9.22 Å². The molecule has 0 radical (unpaired) electrons. The predicted molar refractivity (Wildman–Crippen MR) is 125 cm³/mol. The van der Waals surface area contributed by atoms with E-state index in [9.17, 15) is 4.79 Å². The lowest BCUT2D eigenvalue weighted by atomic mass is 10.1. The highest BCUT2D eigenvalue weighted by Gasteiger charge is 2.40. The van der Waals surface area contributed by atoms with Crippen molar-refractivity contribution in [1.29, 1.82) is 0 Å². The Balaban J connectivity index is 2.83. The molecule has 27 heavy (non-hydrogen) atoms. The molecule has 0 aromatic heterocycles. The monoisotopic (exact) mass is 408 g/mol. The number of hydrogen-bond donors (Lipinski definition) is 0. The van der Waals surface area contributed by atoms with E-state index in [0.717, 1.165) is 18.4 Å². The highest BCUT2D eigenvalue weighted by molar-refractivity contribution is 6.83. The van der Waals surface area contributed by atoms with Gasteiger partial charge in [0.1, 0.15) is 0 Å². The molecule has 1 atom stereocenters. The van der Waals surface area contributed by atoms with Crippen LogP contribution in [0.1, 0.15) is 72.6 Å². The first-order valence-electron chi connectivity index (χ1n) is 10.9. The van der Waals surface area contributed by atoms with Crippen LogP contribution in [0.25, 0.3) is 0 Å². The summed E-state index contributed by atoms with van der Waals surface area (Å²) in [5.74, 6) is 0.300. The van der Waals surface area contributed by atoms with Crippen molar-refractivity contribution < 1.29 is 9.22 Å². The van der Waals surface area contributed by atoms with Crippen molar-refractivity contribution in [3.05, 3.63) is 22.9 Å². The summed E-state index contributed by atoms with van der Waals surface area (Å²) in [6, 6.07) is 0. The maximum atomic E-state index is 12.7. The molecule has 0 bridgehead atoms. The fraction of sp³-hybridized carbons (Fsp3) is 0.783. The highest BCUT2D eigenvalue weighted by atomic mass is 28.4. The van der Waals surface area contributed by atoms with E-state index in [1.54, 1.807) is 0 Å². The number of ketones is 1. The zero-order valence-corrected chi connectivity index (χ0v) is 21.5. The fourth-order valence-corrected chi connectivity index (χ4v) is 5.91. The van der Waals surface area contributed by atoms with E-state index in [-0.39, 0.29) is 11.1 Å². The molecule has 1 aliphatic rings. The van der Waals surface area contributed by atoms with Crippen LogP contribution < -0.4 is 0 Å². The molecule has 1 aliphatic carbocycles. The lowest BCUT2D eigenvalue weighted by Crippen LogP contribution is -2.43. The van der Waals surface area contributed by atoms with Gasteiger partial charge in [-0.3, -0.25) is 4.79 Å². The van der Waals surface area contributed by atoms with E-state index in [0.29, 0.717) is 12.2 Å². The average Bonchev–Trinajstić information content (AvgIpc) is 2.82. The number of carbonyl (C=O) groups excluding carboxylic acids is 1. The Morgan fingerprint density at radius 1 is 1.15 bits per heavy atom. The van der Waals surface area contributed by atoms with Gasteiger partial charge in [0.05, 0.1) is 14.2 Å². The van der Waals surface area contributed by atoms with Gasteiger partial charge in [-0.05, 0) is 49.0 Å². The van der Waals surface area contributed by atoms with Crippen LogP contribution in [0.15, 0.2) is 22.9 Å². The van der Waals surface area contributed by atoms with Gasteiger partial charge in [0.15, 0.2) is 14.1 Å². The van der Waals surface area contributed by atoms with E-state index in [1.807, 2.05) is 0 Å². The Bertz CT molecular complexity index is 560. The number of rotatable bonds is 10. The molecule has 156 valence electrons. The van der Waals surface area contributed by atoms with Crippen LogP contribution in [0.2, 0.25) is 37.8 Å². The largest absolute Gasteiger partial charge is 0.410 e. The molecule has 4 heteroatoms. The minimum Gasteiger partial charge on any atom is -0.410 e. The third kappa shape index (κ3) is 7.82. The lowest BCUT2D eigenvalue weighted by Gasteiger charge is -2.37. The molecular formula is C23H44O2Si2. The van der Waals surface area contributed by atoms with Gasteiger partial charge in [-0.25, -0.2) is 0 Å². The minimum atomic E-state index is -1.84. The van der Waals surface area contributed by atoms with Crippen molar-refractivity contribution in [1.82, 2.24) is 0 Å². The van der Waals surface area contributed by atoms with E-state index in [4.69, 9.17) is 4.43 Å². The average molecular weight is 409 g/mol. The fourth-order valence-electron chi connectivity index (χ4n) is 3.17. The molecule has 1 rings (SSSR count). The Morgan fingerprint density at radius 2 is 1.78 bits per heavy atom. The second-order valence-corrected chi connectivity index (χ2v) is 20.6. The van der Waals surface area contributed by atoms with Crippen LogP contribution in [0.3, 0.4) is 0 Å². The van der Waals surface area contributed by atoms with Crippen molar-refractivity contribution in [2.24, 2.45) is 0 Å². The molecule has 0 fully saturated rings. The van der Waals surface area contributed by atoms with Gasteiger partial charge >= 0.3 is 0 Å². The summed E-state index contributed by atoms with van der Waals surface area (Å²) in [7, 11) is -3.26. The molecule has 2 nitrogen and oxygen atoms in total. The van der Waals surface area contributed by atoms with Gasteiger partial charge in [0, 0.05) is 6.42 Å². The van der Waals surface area contributed by atoms with Crippen molar-refractivity contribution in [2.45, 2.75) is 117 Å². The van der Waals surface area contributed by atoms with Crippen molar-refractivity contribution in [3.8, 4) is 0 Å². The van der Waals surface area contributed by atoms with Crippen LogP contribution in [0.4, 0.5) is 0 Å². The van der Waals surface area contributed by atoms with Crippen molar-refractivity contribution >= 4 is 22.2 Å². The first kappa shape index (κ1) is 24.6. The summed E-state index contributed by atoms with van der Waals surface area (Å²) < 4.78 is 6.49. The molecule has 0 heterocycles. The summed E-state index contributed by atoms with van der Waals surface area (Å²) in [6.07, 6.45) is 12.3. The molecule has 0 saturated carbocycles. The zero-order chi connectivity index (χ0) is 20.9. The van der Waals surface area contributed by atoms with E-state index < -0.39 is 16.4 Å². The van der Waals surface area contributed by atoms with E-state index in [2.05, 4.69) is 72.6 Å². The molecule has 0 spiro atoms. The summed E-state index contributed by atoms with van der Waals surface area (Å²) in [5, 5.41) is 1.71. The number of unbranched alkanes of at least 4 members (excludes halogenated alkanes) is 4. The summed E-state index contributed by atoms with van der Waals surface area (Å²) in [5.41, 5.74) is 1.00. The first-order valence-corrected chi connectivity index (χ1v) is 17.3. The summed E-state index contributed by atoms with van der Waals surface area (Å²) >= 11 is 0. The molecule has 0 saturated heterocycles. The number of allylic oxidation sites excluding steroid dienone is 3.